The molecule has 1 aromatic rings. The molecule has 0 bridgehead atoms. The quantitative estimate of drug-likeness (QED) is 0.699. The van der Waals surface area contributed by atoms with Crippen molar-refractivity contribution in [1.29, 1.82) is 5.41 Å². The zero-order valence-electron chi connectivity index (χ0n) is 9.28. The van der Waals surface area contributed by atoms with E-state index in [9.17, 15) is 9.59 Å². The van der Waals surface area contributed by atoms with Crippen LogP contribution >= 0.6 is 0 Å². The van der Waals surface area contributed by atoms with Gasteiger partial charge in [-0.3, -0.25) is 9.59 Å². The molecule has 0 radical (unpaired) electrons. The average molecular weight is 222 g/mol. The van der Waals surface area contributed by atoms with E-state index in [0.29, 0.717) is 12.1 Å². The van der Waals surface area contributed by atoms with Crippen LogP contribution in [0.1, 0.15) is 18.9 Å². The van der Waals surface area contributed by atoms with E-state index in [4.69, 9.17) is 5.41 Å². The van der Waals surface area contributed by atoms with E-state index in [1.54, 1.807) is 14.0 Å². The van der Waals surface area contributed by atoms with E-state index in [0.717, 1.165) is 10.9 Å². The van der Waals surface area contributed by atoms with E-state index in [-0.39, 0.29) is 17.9 Å². The van der Waals surface area contributed by atoms with Crippen LogP contribution in [0.4, 0.5) is 5.69 Å². The Balaban J connectivity index is 3.19. The summed E-state index contributed by atoms with van der Waals surface area (Å²) in [5, 5.41) is 13.8. The Morgan fingerprint density at radius 3 is 2.88 bits per heavy atom. The highest BCUT2D eigenvalue weighted by molar-refractivity contribution is 5.84. The Hall–Kier alpha value is -1.98. The predicted octanol–water partition coefficient (Wildman–Crippen LogP) is 0.262. The zero-order chi connectivity index (χ0) is 12.1. The van der Waals surface area contributed by atoms with Gasteiger partial charge in [0.1, 0.15) is 6.54 Å². The van der Waals surface area contributed by atoms with Crippen molar-refractivity contribution in [3.05, 3.63) is 22.1 Å². The van der Waals surface area contributed by atoms with E-state index < -0.39 is 5.56 Å². The monoisotopic (exact) mass is 222 g/mol. The molecule has 1 rings (SSSR count). The fourth-order valence-corrected chi connectivity index (χ4v) is 1.23. The third kappa shape index (κ3) is 2.33. The highest BCUT2D eigenvalue weighted by Crippen LogP contribution is 2.04. The molecule has 0 unspecified atom stereocenters. The number of aromatic nitrogens is 2. The maximum atomic E-state index is 11.8. The number of hydrogen-bond acceptors (Lipinski definition) is 5. The van der Waals surface area contributed by atoms with Gasteiger partial charge in [-0.1, -0.05) is 6.92 Å². The summed E-state index contributed by atoms with van der Waals surface area (Å²) >= 11 is 0. The number of nitrogens with one attached hydrogen (secondary N) is 2. The molecule has 0 atom stereocenters. The van der Waals surface area contributed by atoms with Crippen molar-refractivity contribution < 1.29 is 4.79 Å². The average Bonchev–Trinajstić information content (AvgIpc) is 2.31. The molecule has 0 amide bonds. The van der Waals surface area contributed by atoms with E-state index in [1.165, 1.54) is 6.20 Å². The van der Waals surface area contributed by atoms with Gasteiger partial charge in [-0.15, -0.1) is 0 Å². The second-order valence-corrected chi connectivity index (χ2v) is 3.22. The molecule has 0 aliphatic heterocycles. The van der Waals surface area contributed by atoms with E-state index in [2.05, 4.69) is 10.4 Å². The Morgan fingerprint density at radius 2 is 2.38 bits per heavy atom. The lowest BCUT2D eigenvalue weighted by Crippen LogP contribution is -2.29. The third-order valence-electron chi connectivity index (χ3n) is 2.22. The van der Waals surface area contributed by atoms with Gasteiger partial charge in [0, 0.05) is 19.7 Å². The van der Waals surface area contributed by atoms with Crippen LogP contribution in [0.2, 0.25) is 0 Å². The molecule has 1 heterocycles. The molecule has 6 nitrogen and oxygen atoms in total. The lowest BCUT2D eigenvalue weighted by molar-refractivity contribution is -0.119. The van der Waals surface area contributed by atoms with Crippen LogP contribution in [-0.4, -0.2) is 28.8 Å². The standard InChI is InChI=1S/C10H14N4O2/c1-3-7(15)6-14-10(16)8(4-11)9(12-2)5-13-14/h4-5,11-12H,3,6H2,1-2H3. The summed E-state index contributed by atoms with van der Waals surface area (Å²) in [5.41, 5.74) is 0.269. The van der Waals surface area contributed by atoms with E-state index in [1.807, 2.05) is 0 Å². The molecule has 0 saturated heterocycles. The van der Waals surface area contributed by atoms with Crippen molar-refractivity contribution in [2.24, 2.45) is 0 Å². The highest BCUT2D eigenvalue weighted by atomic mass is 16.1. The number of nitrogens with zero attached hydrogens (tertiary/aromatic N) is 2. The summed E-state index contributed by atoms with van der Waals surface area (Å²) in [5.74, 6) is -0.0669. The van der Waals surface area contributed by atoms with Crippen molar-refractivity contribution in [2.45, 2.75) is 19.9 Å². The summed E-state index contributed by atoms with van der Waals surface area (Å²) in [6, 6.07) is 0. The van der Waals surface area contributed by atoms with Crippen molar-refractivity contribution in [3.8, 4) is 0 Å². The molecule has 0 spiro atoms. The number of hydrogen-bond donors (Lipinski definition) is 2. The van der Waals surface area contributed by atoms with Crippen LogP contribution in [0.5, 0.6) is 0 Å². The van der Waals surface area contributed by atoms with E-state index >= 15 is 0 Å². The van der Waals surface area contributed by atoms with Crippen LogP contribution in [0.3, 0.4) is 0 Å². The maximum Gasteiger partial charge on any atom is 0.278 e. The predicted molar refractivity (Wildman–Crippen MR) is 61.2 cm³/mol. The zero-order valence-corrected chi connectivity index (χ0v) is 9.28. The molecule has 2 N–H and O–H groups in total. The largest absolute Gasteiger partial charge is 0.386 e. The first kappa shape index (κ1) is 12.1. The maximum absolute atomic E-state index is 11.8. The van der Waals surface area contributed by atoms with Crippen LogP contribution in [-0.2, 0) is 11.3 Å². The summed E-state index contributed by atoms with van der Waals surface area (Å²) in [4.78, 5) is 23.0. The molecule has 86 valence electrons. The summed E-state index contributed by atoms with van der Waals surface area (Å²) < 4.78 is 1.08. The van der Waals surface area contributed by atoms with Crippen LogP contribution in [0, 0.1) is 5.41 Å². The molecule has 0 aromatic carbocycles. The first-order valence-corrected chi connectivity index (χ1v) is 4.94. The van der Waals surface area contributed by atoms with Gasteiger partial charge in [0.25, 0.3) is 5.56 Å². The van der Waals surface area contributed by atoms with Crippen molar-refractivity contribution in [1.82, 2.24) is 9.78 Å². The SMILES string of the molecule is CCC(=O)Cn1ncc(NC)c(C=N)c1=O. The van der Waals surface area contributed by atoms with Gasteiger partial charge in [-0.25, -0.2) is 4.68 Å². The summed E-state index contributed by atoms with van der Waals surface area (Å²) in [6.07, 6.45) is 2.76. The lowest BCUT2D eigenvalue weighted by atomic mass is 10.2. The molecule has 0 saturated carbocycles. The lowest BCUT2D eigenvalue weighted by Gasteiger charge is -2.07. The van der Waals surface area contributed by atoms with Crippen molar-refractivity contribution in [2.75, 3.05) is 12.4 Å². The minimum absolute atomic E-state index is 0.0415. The first-order chi connectivity index (χ1) is 7.63. The Kier molecular flexibility index (Phi) is 3.93. The molecule has 0 fully saturated rings. The number of anilines is 1. The minimum atomic E-state index is -0.427. The second kappa shape index (κ2) is 5.20. The molecule has 6 heteroatoms. The smallest absolute Gasteiger partial charge is 0.278 e. The van der Waals surface area contributed by atoms with Crippen LogP contribution in [0.15, 0.2) is 11.0 Å². The number of Topliss-reactive ketones (excluding diaryl/α,β-unsaturated/α-hetero) is 1. The topological polar surface area (TPSA) is 87.8 Å². The molecule has 0 aliphatic carbocycles. The van der Waals surface area contributed by atoms with Crippen LogP contribution < -0.4 is 10.9 Å². The Morgan fingerprint density at radius 1 is 1.69 bits per heavy atom. The van der Waals surface area contributed by atoms with Gasteiger partial charge in [0.05, 0.1) is 17.4 Å². The number of rotatable bonds is 5. The minimum Gasteiger partial charge on any atom is -0.386 e. The van der Waals surface area contributed by atoms with Gasteiger partial charge in [-0.05, 0) is 0 Å². The van der Waals surface area contributed by atoms with Crippen molar-refractivity contribution >= 4 is 17.7 Å². The van der Waals surface area contributed by atoms with Gasteiger partial charge in [0.15, 0.2) is 5.78 Å². The Labute approximate surface area is 92.8 Å². The second-order valence-electron chi connectivity index (χ2n) is 3.22. The van der Waals surface area contributed by atoms with Gasteiger partial charge in [0.2, 0.25) is 0 Å². The number of ketones is 1. The molecule has 1 aromatic heterocycles. The molecular weight excluding hydrogens is 208 g/mol. The molecule has 16 heavy (non-hydrogen) atoms. The number of carbonyl (C=O) groups is 1. The van der Waals surface area contributed by atoms with Crippen LogP contribution in [0.25, 0.3) is 0 Å². The highest BCUT2D eigenvalue weighted by Gasteiger charge is 2.10. The fourth-order valence-electron chi connectivity index (χ4n) is 1.23. The van der Waals surface area contributed by atoms with Gasteiger partial charge in [-0.2, -0.15) is 5.10 Å². The first-order valence-electron chi connectivity index (χ1n) is 4.94. The van der Waals surface area contributed by atoms with Gasteiger partial charge >= 0.3 is 0 Å². The summed E-state index contributed by atoms with van der Waals surface area (Å²) in [7, 11) is 1.64. The van der Waals surface area contributed by atoms with Gasteiger partial charge < -0.3 is 10.7 Å². The third-order valence-corrected chi connectivity index (χ3v) is 2.22. The normalized spacial score (nSPS) is 9.88. The summed E-state index contributed by atoms with van der Waals surface area (Å²) in [6.45, 7) is 1.69. The molecule has 0 aliphatic rings. The fraction of sp³-hybridized carbons (Fsp3) is 0.400. The molecular formula is C10H14N4O2. The Bertz CT molecular complexity index is 464. The number of carbonyl (C=O) groups excluding carboxylic acids is 1. The van der Waals surface area contributed by atoms with Crippen molar-refractivity contribution in [3.63, 3.8) is 0 Å².